The molecule has 25 heavy (non-hydrogen) atoms. The minimum absolute atomic E-state index is 0.0575. The summed E-state index contributed by atoms with van der Waals surface area (Å²) < 4.78 is 5.45. The second-order valence-electron chi connectivity index (χ2n) is 6.13. The Labute approximate surface area is 149 Å². The smallest absolute Gasteiger partial charge is 0.257 e. The molecule has 0 radical (unpaired) electrons. The first-order valence-electron chi connectivity index (χ1n) is 8.68. The van der Waals surface area contributed by atoms with Gasteiger partial charge in [0.05, 0.1) is 5.56 Å². The molecule has 0 fully saturated rings. The summed E-state index contributed by atoms with van der Waals surface area (Å²) in [5, 5.41) is 2.90. The van der Waals surface area contributed by atoms with E-state index in [1.54, 1.807) is 17.9 Å². The number of carbonyl (C=O) groups excluding carboxylic acids is 2. The van der Waals surface area contributed by atoms with Gasteiger partial charge in [-0.3, -0.25) is 9.59 Å². The van der Waals surface area contributed by atoms with Crippen molar-refractivity contribution in [1.29, 1.82) is 0 Å². The van der Waals surface area contributed by atoms with Crippen LogP contribution in [-0.2, 0) is 11.3 Å². The molecule has 0 aliphatic rings. The number of aryl methyl sites for hydroxylation is 2. The van der Waals surface area contributed by atoms with Gasteiger partial charge in [0, 0.05) is 26.1 Å². The highest BCUT2D eigenvalue weighted by Gasteiger charge is 2.20. The molecule has 1 N–H and O–H groups in total. The minimum atomic E-state index is -0.0768. The molecule has 0 atom stereocenters. The van der Waals surface area contributed by atoms with Gasteiger partial charge < -0.3 is 14.6 Å². The van der Waals surface area contributed by atoms with Crippen LogP contribution >= 0.6 is 0 Å². The van der Waals surface area contributed by atoms with Gasteiger partial charge in [-0.1, -0.05) is 37.3 Å². The van der Waals surface area contributed by atoms with Crippen LogP contribution < -0.4 is 5.32 Å². The Balaban J connectivity index is 1.89. The molecule has 5 heteroatoms. The fraction of sp³-hybridized carbons (Fsp3) is 0.400. The summed E-state index contributed by atoms with van der Waals surface area (Å²) in [6.07, 6.45) is 1.13. The van der Waals surface area contributed by atoms with Crippen molar-refractivity contribution in [2.45, 2.75) is 40.2 Å². The van der Waals surface area contributed by atoms with Crippen molar-refractivity contribution < 1.29 is 14.0 Å². The van der Waals surface area contributed by atoms with E-state index in [1.807, 2.05) is 44.2 Å². The van der Waals surface area contributed by atoms with Crippen molar-refractivity contribution in [3.05, 3.63) is 59.0 Å². The summed E-state index contributed by atoms with van der Waals surface area (Å²) in [5.74, 6) is 1.21. The summed E-state index contributed by atoms with van der Waals surface area (Å²) >= 11 is 0. The molecule has 1 aromatic carbocycles. The van der Waals surface area contributed by atoms with Gasteiger partial charge >= 0.3 is 0 Å². The Kier molecular flexibility index (Phi) is 6.81. The number of nitrogens with zero attached hydrogens (tertiary/aromatic N) is 1. The summed E-state index contributed by atoms with van der Waals surface area (Å²) in [4.78, 5) is 26.5. The SMILES string of the molecule is CCCN(CCC(=O)NCc1ccccc1)C(=O)c1cc(C)oc1C. The predicted molar refractivity (Wildman–Crippen MR) is 97.3 cm³/mol. The molecule has 0 aliphatic heterocycles. The lowest BCUT2D eigenvalue weighted by molar-refractivity contribution is -0.121. The Morgan fingerprint density at radius 3 is 2.44 bits per heavy atom. The third kappa shape index (κ3) is 5.48. The van der Waals surface area contributed by atoms with Crippen LogP contribution in [0.4, 0.5) is 0 Å². The summed E-state index contributed by atoms with van der Waals surface area (Å²) in [7, 11) is 0. The summed E-state index contributed by atoms with van der Waals surface area (Å²) in [5.41, 5.74) is 1.64. The van der Waals surface area contributed by atoms with Gasteiger partial charge in [-0.15, -0.1) is 0 Å². The quantitative estimate of drug-likeness (QED) is 0.799. The van der Waals surface area contributed by atoms with Gasteiger partial charge in [-0.2, -0.15) is 0 Å². The lowest BCUT2D eigenvalue weighted by Gasteiger charge is -2.21. The third-order valence-corrected chi connectivity index (χ3v) is 3.99. The van der Waals surface area contributed by atoms with Gasteiger partial charge in [0.25, 0.3) is 5.91 Å². The fourth-order valence-electron chi connectivity index (χ4n) is 2.72. The molecule has 1 heterocycles. The molecule has 5 nitrogen and oxygen atoms in total. The number of furan rings is 1. The third-order valence-electron chi connectivity index (χ3n) is 3.99. The van der Waals surface area contributed by atoms with Crippen LogP contribution in [0.3, 0.4) is 0 Å². The maximum absolute atomic E-state index is 12.7. The van der Waals surface area contributed by atoms with Crippen LogP contribution in [-0.4, -0.2) is 29.8 Å². The second kappa shape index (κ2) is 9.06. The Morgan fingerprint density at radius 1 is 1.12 bits per heavy atom. The van der Waals surface area contributed by atoms with E-state index in [1.165, 1.54) is 0 Å². The van der Waals surface area contributed by atoms with Crippen molar-refractivity contribution in [2.75, 3.05) is 13.1 Å². The highest BCUT2D eigenvalue weighted by molar-refractivity contribution is 5.95. The van der Waals surface area contributed by atoms with Crippen LogP contribution in [0.5, 0.6) is 0 Å². The fourth-order valence-corrected chi connectivity index (χ4v) is 2.72. The first-order chi connectivity index (χ1) is 12.0. The highest BCUT2D eigenvalue weighted by Crippen LogP contribution is 2.16. The predicted octanol–water partition coefficient (Wildman–Crippen LogP) is 3.46. The zero-order valence-electron chi connectivity index (χ0n) is 15.2. The zero-order chi connectivity index (χ0) is 18.2. The van der Waals surface area contributed by atoms with E-state index in [-0.39, 0.29) is 18.2 Å². The second-order valence-corrected chi connectivity index (χ2v) is 6.13. The Bertz CT molecular complexity index is 707. The maximum atomic E-state index is 12.7. The largest absolute Gasteiger partial charge is 0.466 e. The van der Waals surface area contributed by atoms with E-state index >= 15 is 0 Å². The van der Waals surface area contributed by atoms with Crippen LogP contribution in [0.1, 0.15) is 47.2 Å². The molecule has 0 saturated heterocycles. The first kappa shape index (κ1) is 18.8. The lowest BCUT2D eigenvalue weighted by atomic mass is 10.2. The molecule has 2 aromatic rings. The summed E-state index contributed by atoms with van der Waals surface area (Å²) in [6, 6.07) is 11.5. The number of benzene rings is 1. The zero-order valence-corrected chi connectivity index (χ0v) is 15.2. The molecule has 0 unspecified atom stereocenters. The van der Waals surface area contributed by atoms with Crippen molar-refractivity contribution in [1.82, 2.24) is 10.2 Å². The number of hydrogen-bond donors (Lipinski definition) is 1. The van der Waals surface area contributed by atoms with E-state index < -0.39 is 0 Å². The number of nitrogens with one attached hydrogen (secondary N) is 1. The van der Waals surface area contributed by atoms with Gasteiger partial charge in [0.15, 0.2) is 0 Å². The molecule has 134 valence electrons. The lowest BCUT2D eigenvalue weighted by Crippen LogP contribution is -2.35. The van der Waals surface area contributed by atoms with Gasteiger partial charge in [0.1, 0.15) is 11.5 Å². The molecule has 2 amide bonds. The number of rotatable bonds is 8. The van der Waals surface area contributed by atoms with E-state index in [2.05, 4.69) is 5.32 Å². The molecule has 0 spiro atoms. The van der Waals surface area contributed by atoms with Crippen LogP contribution in [0.15, 0.2) is 40.8 Å². The Hall–Kier alpha value is -2.56. The average molecular weight is 342 g/mol. The van der Waals surface area contributed by atoms with E-state index in [0.29, 0.717) is 31.0 Å². The minimum Gasteiger partial charge on any atom is -0.466 e. The first-order valence-corrected chi connectivity index (χ1v) is 8.68. The number of carbonyl (C=O) groups is 2. The van der Waals surface area contributed by atoms with Crippen LogP contribution in [0, 0.1) is 13.8 Å². The molecule has 0 bridgehead atoms. The van der Waals surface area contributed by atoms with Crippen molar-refractivity contribution in [3.63, 3.8) is 0 Å². The standard InChI is InChI=1S/C20H26N2O3/c1-4-11-22(20(24)18-13-15(2)25-16(18)3)12-10-19(23)21-14-17-8-6-5-7-9-17/h5-9,13H,4,10-12,14H2,1-3H3,(H,21,23). The topological polar surface area (TPSA) is 62.6 Å². The molecule has 0 aliphatic carbocycles. The molecular formula is C20H26N2O3. The van der Waals surface area contributed by atoms with Gasteiger partial charge in [-0.05, 0) is 31.9 Å². The monoisotopic (exact) mass is 342 g/mol. The summed E-state index contributed by atoms with van der Waals surface area (Å²) in [6.45, 7) is 7.15. The van der Waals surface area contributed by atoms with Crippen LogP contribution in [0.2, 0.25) is 0 Å². The maximum Gasteiger partial charge on any atom is 0.257 e. The molecular weight excluding hydrogens is 316 g/mol. The normalized spacial score (nSPS) is 10.5. The average Bonchev–Trinajstić information content (AvgIpc) is 2.95. The number of amides is 2. The van der Waals surface area contributed by atoms with Crippen molar-refractivity contribution >= 4 is 11.8 Å². The molecule has 1 aromatic heterocycles. The van der Waals surface area contributed by atoms with Crippen LogP contribution in [0.25, 0.3) is 0 Å². The molecule has 0 saturated carbocycles. The van der Waals surface area contributed by atoms with E-state index in [0.717, 1.165) is 17.7 Å². The Morgan fingerprint density at radius 2 is 1.84 bits per heavy atom. The van der Waals surface area contributed by atoms with Crippen molar-refractivity contribution in [2.24, 2.45) is 0 Å². The van der Waals surface area contributed by atoms with Crippen molar-refractivity contribution in [3.8, 4) is 0 Å². The van der Waals surface area contributed by atoms with Gasteiger partial charge in [0.2, 0.25) is 5.91 Å². The van der Waals surface area contributed by atoms with E-state index in [9.17, 15) is 9.59 Å². The molecule has 2 rings (SSSR count). The highest BCUT2D eigenvalue weighted by atomic mass is 16.3. The van der Waals surface area contributed by atoms with Gasteiger partial charge in [-0.25, -0.2) is 0 Å². The van der Waals surface area contributed by atoms with E-state index in [4.69, 9.17) is 4.42 Å². The number of hydrogen-bond acceptors (Lipinski definition) is 3.